The summed E-state index contributed by atoms with van der Waals surface area (Å²) in [5, 5.41) is 0. The van der Waals surface area contributed by atoms with Gasteiger partial charge >= 0.3 is 0 Å². The molecule has 6 nitrogen and oxygen atoms in total. The van der Waals surface area contributed by atoms with Gasteiger partial charge in [-0.25, -0.2) is 4.39 Å². The molecule has 1 N–H and O–H groups in total. The lowest BCUT2D eigenvalue weighted by Gasteiger charge is -2.35. The Balaban J connectivity index is 1.43. The fourth-order valence-corrected chi connectivity index (χ4v) is 3.20. The molecule has 0 spiro atoms. The summed E-state index contributed by atoms with van der Waals surface area (Å²) in [6.45, 7) is 2.13. The molecule has 3 heterocycles. The van der Waals surface area contributed by atoms with Gasteiger partial charge < -0.3 is 14.8 Å². The summed E-state index contributed by atoms with van der Waals surface area (Å²) in [6.07, 6.45) is 4.98. The first kappa shape index (κ1) is 15.8. The van der Waals surface area contributed by atoms with Crippen LogP contribution in [0.4, 0.5) is 10.1 Å². The van der Waals surface area contributed by atoms with Gasteiger partial charge in [-0.05, 0) is 30.9 Å². The first-order chi connectivity index (χ1) is 12.1. The van der Waals surface area contributed by atoms with Crippen molar-refractivity contribution < 1.29 is 9.18 Å². The Kier molecular flexibility index (Phi) is 3.99. The molecule has 1 aliphatic carbocycles. The highest BCUT2D eigenvalue weighted by Crippen LogP contribution is 2.38. The molecule has 0 atom stereocenters. The molecule has 2 aromatic heterocycles. The van der Waals surface area contributed by atoms with Crippen LogP contribution in [-0.4, -0.2) is 47.0 Å². The predicted molar refractivity (Wildman–Crippen MR) is 91.3 cm³/mol. The summed E-state index contributed by atoms with van der Waals surface area (Å²) in [7, 11) is 0. The van der Waals surface area contributed by atoms with E-state index >= 15 is 0 Å². The van der Waals surface area contributed by atoms with Crippen molar-refractivity contribution in [1.82, 2.24) is 14.9 Å². The predicted octanol–water partition coefficient (Wildman–Crippen LogP) is 1.75. The maximum Gasteiger partial charge on any atom is 0.261 e. The van der Waals surface area contributed by atoms with Gasteiger partial charge in [0.2, 0.25) is 0 Å². The lowest BCUT2D eigenvalue weighted by atomic mass is 10.1. The van der Waals surface area contributed by atoms with Gasteiger partial charge in [0.05, 0.1) is 18.1 Å². The van der Waals surface area contributed by atoms with Crippen molar-refractivity contribution in [2.75, 3.05) is 31.1 Å². The van der Waals surface area contributed by atoms with Crippen LogP contribution in [0.2, 0.25) is 0 Å². The Morgan fingerprint density at radius 1 is 1.16 bits per heavy atom. The molecule has 0 unspecified atom stereocenters. The second-order valence-electron chi connectivity index (χ2n) is 6.57. The molecule has 0 radical (unpaired) electrons. The molecule has 1 saturated carbocycles. The van der Waals surface area contributed by atoms with E-state index in [1.54, 1.807) is 17.2 Å². The number of hydrogen-bond donors (Lipinski definition) is 1. The second-order valence-corrected chi connectivity index (χ2v) is 6.57. The number of amides is 1. The average Bonchev–Trinajstić information content (AvgIpc) is 3.46. The number of carbonyl (C=O) groups excluding carboxylic acids is 1. The maximum atomic E-state index is 13.3. The molecule has 2 aliphatic rings. The van der Waals surface area contributed by atoms with Crippen LogP contribution in [0.3, 0.4) is 0 Å². The smallest absolute Gasteiger partial charge is 0.261 e. The minimum atomic E-state index is -0.377. The van der Waals surface area contributed by atoms with Gasteiger partial charge in [-0.1, -0.05) is 0 Å². The molecule has 4 rings (SSSR count). The molecule has 25 heavy (non-hydrogen) atoms. The van der Waals surface area contributed by atoms with Crippen LogP contribution in [0.1, 0.15) is 34.8 Å². The minimum Gasteiger partial charge on any atom is -0.367 e. The van der Waals surface area contributed by atoms with Crippen molar-refractivity contribution in [3.8, 4) is 0 Å². The third kappa shape index (κ3) is 3.26. The van der Waals surface area contributed by atoms with E-state index in [1.807, 2.05) is 11.0 Å². The number of aromatic amines is 1. The number of piperazine rings is 1. The van der Waals surface area contributed by atoms with Gasteiger partial charge in [0.15, 0.2) is 0 Å². The number of halogens is 1. The van der Waals surface area contributed by atoms with Crippen LogP contribution in [0.15, 0.2) is 35.4 Å². The number of anilines is 1. The number of nitrogens with one attached hydrogen (secondary N) is 1. The number of hydrogen-bond acceptors (Lipinski definition) is 4. The van der Waals surface area contributed by atoms with Crippen LogP contribution in [-0.2, 0) is 0 Å². The summed E-state index contributed by atoms with van der Waals surface area (Å²) >= 11 is 0. The van der Waals surface area contributed by atoms with Crippen molar-refractivity contribution in [1.29, 1.82) is 0 Å². The molecule has 1 aliphatic heterocycles. The van der Waals surface area contributed by atoms with Crippen molar-refractivity contribution in [3.05, 3.63) is 58.0 Å². The van der Waals surface area contributed by atoms with Crippen LogP contribution in [0.5, 0.6) is 0 Å². The third-order valence-corrected chi connectivity index (χ3v) is 4.80. The fraction of sp³-hybridized carbons (Fsp3) is 0.389. The highest BCUT2D eigenvalue weighted by atomic mass is 19.1. The zero-order valence-electron chi connectivity index (χ0n) is 13.7. The van der Waals surface area contributed by atoms with Gasteiger partial charge in [-0.3, -0.25) is 14.6 Å². The number of aromatic nitrogens is 2. The first-order valence-corrected chi connectivity index (χ1v) is 8.50. The summed E-state index contributed by atoms with van der Waals surface area (Å²) < 4.78 is 13.3. The molecular weight excluding hydrogens is 323 g/mol. The maximum absolute atomic E-state index is 13.3. The molecule has 1 amide bonds. The molecular formula is C18H19FN4O2. The molecule has 2 aromatic rings. The van der Waals surface area contributed by atoms with Gasteiger partial charge in [0.25, 0.3) is 11.5 Å². The number of H-pyrrole nitrogens is 1. The fourth-order valence-electron chi connectivity index (χ4n) is 3.20. The normalized spacial score (nSPS) is 17.6. The summed E-state index contributed by atoms with van der Waals surface area (Å²) in [6, 6.07) is 4.92. The minimum absolute atomic E-state index is 0.185. The highest BCUT2D eigenvalue weighted by molar-refractivity contribution is 5.94. The summed E-state index contributed by atoms with van der Waals surface area (Å²) in [4.78, 5) is 35.2. The van der Waals surface area contributed by atoms with E-state index in [9.17, 15) is 14.0 Å². The summed E-state index contributed by atoms with van der Waals surface area (Å²) in [5.41, 5.74) is 1.50. The average molecular weight is 342 g/mol. The van der Waals surface area contributed by atoms with Crippen LogP contribution in [0.25, 0.3) is 0 Å². The van der Waals surface area contributed by atoms with E-state index in [0.717, 1.165) is 18.5 Å². The van der Waals surface area contributed by atoms with Gasteiger partial charge in [0.1, 0.15) is 11.4 Å². The number of carbonyl (C=O) groups is 1. The van der Waals surface area contributed by atoms with Crippen molar-refractivity contribution in [2.24, 2.45) is 0 Å². The first-order valence-electron chi connectivity index (χ1n) is 8.50. The largest absolute Gasteiger partial charge is 0.367 e. The molecule has 0 bridgehead atoms. The van der Waals surface area contributed by atoms with Gasteiger partial charge in [-0.15, -0.1) is 0 Å². The topological polar surface area (TPSA) is 69.3 Å². The van der Waals surface area contributed by atoms with E-state index in [2.05, 4.69) is 9.97 Å². The lowest BCUT2D eigenvalue weighted by molar-refractivity contribution is 0.0745. The molecule has 7 heteroatoms. The Morgan fingerprint density at radius 2 is 1.92 bits per heavy atom. The standard InChI is InChI=1S/C18H19FN4O2/c19-13-9-14(11-20-10-13)22-5-7-23(8-6-22)18(25)15-3-4-16(12-1-2-12)21-17(15)24/h3-4,9-12H,1-2,5-8H2,(H,21,24). The van der Waals surface area contributed by atoms with E-state index in [-0.39, 0.29) is 22.8 Å². The SMILES string of the molecule is O=C(c1ccc(C2CC2)[nH]c1=O)N1CCN(c2cncc(F)c2)CC1. The van der Waals surface area contributed by atoms with E-state index < -0.39 is 0 Å². The zero-order valence-corrected chi connectivity index (χ0v) is 13.7. The van der Waals surface area contributed by atoms with Crippen molar-refractivity contribution in [2.45, 2.75) is 18.8 Å². The Hall–Kier alpha value is -2.70. The third-order valence-electron chi connectivity index (χ3n) is 4.80. The van der Waals surface area contributed by atoms with Crippen molar-refractivity contribution in [3.63, 3.8) is 0 Å². The highest BCUT2D eigenvalue weighted by Gasteiger charge is 2.27. The molecule has 130 valence electrons. The number of pyridine rings is 2. The zero-order chi connectivity index (χ0) is 17.4. The van der Waals surface area contributed by atoms with E-state index in [1.165, 1.54) is 12.3 Å². The quantitative estimate of drug-likeness (QED) is 0.923. The molecule has 0 aromatic carbocycles. The second kappa shape index (κ2) is 6.31. The Labute approximate surface area is 144 Å². The van der Waals surface area contributed by atoms with Gasteiger partial charge in [-0.2, -0.15) is 0 Å². The number of nitrogens with zero attached hydrogens (tertiary/aromatic N) is 3. The Morgan fingerprint density at radius 3 is 2.56 bits per heavy atom. The van der Waals surface area contributed by atoms with E-state index in [4.69, 9.17) is 0 Å². The van der Waals surface area contributed by atoms with Crippen LogP contribution < -0.4 is 10.5 Å². The Bertz CT molecular complexity index is 854. The molecule has 1 saturated heterocycles. The van der Waals surface area contributed by atoms with E-state index in [0.29, 0.717) is 37.8 Å². The lowest BCUT2D eigenvalue weighted by Crippen LogP contribution is -2.49. The molecule has 2 fully saturated rings. The van der Waals surface area contributed by atoms with Gasteiger partial charge in [0, 0.05) is 37.9 Å². The summed E-state index contributed by atoms with van der Waals surface area (Å²) in [5.74, 6) is -0.181. The number of rotatable bonds is 3. The van der Waals surface area contributed by atoms with Crippen LogP contribution in [0, 0.1) is 5.82 Å². The van der Waals surface area contributed by atoms with Crippen molar-refractivity contribution >= 4 is 11.6 Å². The van der Waals surface area contributed by atoms with Crippen LogP contribution >= 0.6 is 0 Å². The monoisotopic (exact) mass is 342 g/mol.